The van der Waals surface area contributed by atoms with Gasteiger partial charge in [0, 0.05) is 11.5 Å². The average molecular weight is 355 g/mol. The minimum atomic E-state index is -0.737. The van der Waals surface area contributed by atoms with Crippen molar-refractivity contribution < 1.29 is 23.8 Å². The highest BCUT2D eigenvalue weighted by Crippen LogP contribution is 2.42. The summed E-state index contributed by atoms with van der Waals surface area (Å²) in [5.74, 6) is -0.635. The number of Topliss-reactive ketones (excluding diaryl/α,β-unsaturated/α-hetero) is 1. The normalized spacial score (nSPS) is 17.3. The van der Waals surface area contributed by atoms with E-state index in [2.05, 4.69) is 0 Å². The largest absolute Gasteiger partial charge is 0.503 e. The van der Waals surface area contributed by atoms with Crippen LogP contribution in [0.1, 0.15) is 31.2 Å². The Labute approximate surface area is 151 Å². The number of hydrogen-bond acceptors (Lipinski definition) is 5. The second-order valence-corrected chi connectivity index (χ2v) is 6.44. The van der Waals surface area contributed by atoms with E-state index in [1.807, 2.05) is 6.07 Å². The lowest BCUT2D eigenvalue weighted by Crippen LogP contribution is -2.31. The first kappa shape index (κ1) is 17.8. The number of rotatable bonds is 6. The summed E-state index contributed by atoms with van der Waals surface area (Å²) < 4.78 is 10.8. The molecule has 0 saturated heterocycles. The number of carbonyl (C=O) groups excluding carboxylic acids is 2. The summed E-state index contributed by atoms with van der Waals surface area (Å²) in [6, 6.07) is 9.89. The van der Waals surface area contributed by atoms with Gasteiger partial charge in [-0.15, -0.1) is 0 Å². The maximum atomic E-state index is 12.8. The Hall–Kier alpha value is -3.02. The molecule has 0 radical (unpaired) electrons. The average Bonchev–Trinajstić information content (AvgIpc) is 3.23. The lowest BCUT2D eigenvalue weighted by molar-refractivity contribution is -0.130. The quantitative estimate of drug-likeness (QED) is 0.859. The molecule has 136 valence electrons. The third-order valence-corrected chi connectivity index (χ3v) is 4.43. The number of benzene rings is 1. The Balaban J connectivity index is 2.13. The van der Waals surface area contributed by atoms with E-state index in [0.29, 0.717) is 17.1 Å². The van der Waals surface area contributed by atoms with Crippen LogP contribution in [0.25, 0.3) is 0 Å². The predicted molar refractivity (Wildman–Crippen MR) is 94.5 cm³/mol. The van der Waals surface area contributed by atoms with Crippen LogP contribution in [0.5, 0.6) is 5.75 Å². The van der Waals surface area contributed by atoms with Crippen molar-refractivity contribution >= 4 is 11.7 Å². The summed E-state index contributed by atoms with van der Waals surface area (Å²) in [5, 5.41) is 10.5. The number of ether oxygens (including phenoxy) is 1. The number of aliphatic hydroxyl groups excluding tert-OH is 1. The molecule has 0 aliphatic carbocycles. The van der Waals surface area contributed by atoms with E-state index >= 15 is 0 Å². The lowest BCUT2D eigenvalue weighted by Gasteiger charge is -2.27. The second-order valence-electron chi connectivity index (χ2n) is 6.44. The summed E-state index contributed by atoms with van der Waals surface area (Å²) >= 11 is 0. The van der Waals surface area contributed by atoms with Crippen LogP contribution < -0.4 is 4.74 Å². The Kier molecular flexibility index (Phi) is 4.84. The first-order valence-corrected chi connectivity index (χ1v) is 8.39. The van der Waals surface area contributed by atoms with E-state index < -0.39 is 17.7 Å². The van der Waals surface area contributed by atoms with Crippen molar-refractivity contribution in [3.8, 4) is 5.75 Å². The molecule has 3 rings (SSSR count). The molecular weight excluding hydrogens is 334 g/mol. The summed E-state index contributed by atoms with van der Waals surface area (Å²) in [5.41, 5.74) is 0.740. The van der Waals surface area contributed by atoms with E-state index in [-0.39, 0.29) is 23.8 Å². The molecule has 1 N–H and O–H groups in total. The first-order chi connectivity index (χ1) is 12.5. The lowest BCUT2D eigenvalue weighted by atomic mass is 9.91. The van der Waals surface area contributed by atoms with Crippen molar-refractivity contribution in [2.24, 2.45) is 5.92 Å². The van der Waals surface area contributed by atoms with Gasteiger partial charge in [-0.2, -0.15) is 0 Å². The predicted octanol–water partition coefficient (Wildman–Crippen LogP) is 3.41. The molecule has 1 unspecified atom stereocenters. The molecule has 2 aromatic rings. The maximum Gasteiger partial charge on any atom is 0.290 e. The fraction of sp³-hybridized carbons (Fsp3) is 0.300. The van der Waals surface area contributed by atoms with Gasteiger partial charge in [-0.3, -0.25) is 9.59 Å². The number of furan rings is 1. The highest BCUT2D eigenvalue weighted by molar-refractivity contribution is 6.09. The second kappa shape index (κ2) is 7.07. The van der Waals surface area contributed by atoms with Gasteiger partial charge in [0.25, 0.3) is 5.91 Å². The summed E-state index contributed by atoms with van der Waals surface area (Å²) in [6.45, 7) is 3.61. The van der Waals surface area contributed by atoms with E-state index in [0.717, 1.165) is 0 Å². The van der Waals surface area contributed by atoms with Gasteiger partial charge < -0.3 is 19.2 Å². The number of nitrogens with zero attached hydrogens (tertiary/aromatic N) is 1. The van der Waals surface area contributed by atoms with Crippen LogP contribution in [0.2, 0.25) is 0 Å². The number of methoxy groups -OCH3 is 1. The molecule has 6 nitrogen and oxygen atoms in total. The molecule has 1 aromatic heterocycles. The standard InChI is InChI=1S/C20H21NO5/c1-12(2)18(22)16-17(14-8-4-5-9-15(14)25-3)21(20(24)19(16)23)11-13-7-6-10-26-13/h4-10,12,17,23H,11H2,1-3H3. The fourth-order valence-corrected chi connectivity index (χ4v) is 3.17. The number of carbonyl (C=O) groups is 2. The molecular formula is C20H21NO5. The highest BCUT2D eigenvalue weighted by atomic mass is 16.5. The van der Waals surface area contributed by atoms with E-state index in [9.17, 15) is 14.7 Å². The van der Waals surface area contributed by atoms with Crippen molar-refractivity contribution in [3.63, 3.8) is 0 Å². The monoisotopic (exact) mass is 355 g/mol. The zero-order valence-electron chi connectivity index (χ0n) is 14.9. The van der Waals surface area contributed by atoms with Crippen LogP contribution >= 0.6 is 0 Å². The van der Waals surface area contributed by atoms with E-state index in [1.165, 1.54) is 18.3 Å². The minimum absolute atomic E-state index is 0.0982. The molecule has 0 spiro atoms. The zero-order valence-corrected chi connectivity index (χ0v) is 14.9. The van der Waals surface area contributed by atoms with Gasteiger partial charge in [-0.25, -0.2) is 0 Å². The number of aliphatic hydroxyl groups is 1. The van der Waals surface area contributed by atoms with Gasteiger partial charge in [0.1, 0.15) is 11.5 Å². The molecule has 0 bridgehead atoms. The van der Waals surface area contributed by atoms with E-state index in [4.69, 9.17) is 9.15 Å². The molecule has 1 atom stereocenters. The van der Waals surface area contributed by atoms with Crippen molar-refractivity contribution in [1.29, 1.82) is 0 Å². The molecule has 1 aliphatic rings. The first-order valence-electron chi connectivity index (χ1n) is 8.39. The van der Waals surface area contributed by atoms with Crippen molar-refractivity contribution in [1.82, 2.24) is 4.90 Å². The van der Waals surface area contributed by atoms with Crippen molar-refractivity contribution in [2.75, 3.05) is 7.11 Å². The third-order valence-electron chi connectivity index (χ3n) is 4.43. The van der Waals surface area contributed by atoms with Gasteiger partial charge in [-0.1, -0.05) is 32.0 Å². The fourth-order valence-electron chi connectivity index (χ4n) is 3.17. The van der Waals surface area contributed by atoms with E-state index in [1.54, 1.807) is 44.2 Å². The van der Waals surface area contributed by atoms with Gasteiger partial charge in [0.05, 0.1) is 31.5 Å². The Morgan fingerprint density at radius 2 is 2.00 bits per heavy atom. The Bertz CT molecular complexity index is 851. The van der Waals surface area contributed by atoms with Crippen LogP contribution in [-0.2, 0) is 16.1 Å². The van der Waals surface area contributed by atoms with Gasteiger partial charge in [0.15, 0.2) is 11.5 Å². The molecule has 0 fully saturated rings. The SMILES string of the molecule is COc1ccccc1C1C(C(=O)C(C)C)=C(O)C(=O)N1Cc1ccco1. The van der Waals surface area contributed by atoms with Crippen molar-refractivity contribution in [2.45, 2.75) is 26.4 Å². The zero-order chi connectivity index (χ0) is 18.8. The number of amides is 1. The Morgan fingerprint density at radius 1 is 1.27 bits per heavy atom. The Morgan fingerprint density at radius 3 is 2.62 bits per heavy atom. The summed E-state index contributed by atoms with van der Waals surface area (Å²) in [6.07, 6.45) is 1.52. The van der Waals surface area contributed by atoms with Crippen LogP contribution in [-0.4, -0.2) is 28.8 Å². The molecule has 1 aliphatic heterocycles. The molecule has 1 aromatic carbocycles. The van der Waals surface area contributed by atoms with Crippen LogP contribution in [0.3, 0.4) is 0 Å². The van der Waals surface area contributed by atoms with Crippen LogP contribution in [0.15, 0.2) is 58.4 Å². The van der Waals surface area contributed by atoms with Gasteiger partial charge in [-0.05, 0) is 18.2 Å². The van der Waals surface area contributed by atoms with Crippen LogP contribution in [0, 0.1) is 5.92 Å². The number of hydrogen-bond donors (Lipinski definition) is 1. The van der Waals surface area contributed by atoms with Gasteiger partial charge in [0.2, 0.25) is 0 Å². The van der Waals surface area contributed by atoms with Gasteiger partial charge >= 0.3 is 0 Å². The molecule has 2 heterocycles. The van der Waals surface area contributed by atoms with Crippen molar-refractivity contribution in [3.05, 3.63) is 65.3 Å². The maximum absolute atomic E-state index is 12.8. The summed E-state index contributed by atoms with van der Waals surface area (Å²) in [7, 11) is 1.53. The molecule has 0 saturated carbocycles. The highest BCUT2D eigenvalue weighted by Gasteiger charge is 2.45. The summed E-state index contributed by atoms with van der Waals surface area (Å²) in [4.78, 5) is 26.9. The van der Waals surface area contributed by atoms with Crippen LogP contribution in [0.4, 0.5) is 0 Å². The number of para-hydroxylation sites is 1. The molecule has 6 heteroatoms. The minimum Gasteiger partial charge on any atom is -0.503 e. The number of ketones is 1. The smallest absolute Gasteiger partial charge is 0.290 e. The molecule has 1 amide bonds. The topological polar surface area (TPSA) is 80.0 Å². The third kappa shape index (κ3) is 2.98. The molecule has 26 heavy (non-hydrogen) atoms.